The van der Waals surface area contributed by atoms with Gasteiger partial charge in [0.2, 0.25) is 10.0 Å². The van der Waals surface area contributed by atoms with Crippen molar-refractivity contribution in [3.8, 4) is 5.75 Å². The predicted octanol–water partition coefficient (Wildman–Crippen LogP) is 3.39. The quantitative estimate of drug-likeness (QED) is 0.843. The summed E-state index contributed by atoms with van der Waals surface area (Å²) in [5.41, 5.74) is 0.669. The zero-order valence-electron chi connectivity index (χ0n) is 14.2. The first-order valence-corrected chi connectivity index (χ1v) is 9.99. The van der Waals surface area contributed by atoms with E-state index in [4.69, 9.17) is 16.3 Å². The Morgan fingerprint density at radius 3 is 2.50 bits per heavy atom. The van der Waals surface area contributed by atoms with Gasteiger partial charge in [0.1, 0.15) is 10.6 Å². The fraction of sp³-hybridized carbons (Fsp3) is 0.278. The lowest BCUT2D eigenvalue weighted by atomic mass is 10.2. The number of rotatable bonds is 5. The van der Waals surface area contributed by atoms with Gasteiger partial charge in [-0.25, -0.2) is 8.42 Å². The molecule has 3 rings (SSSR count). The Bertz CT molecular complexity index is 925. The van der Waals surface area contributed by atoms with E-state index in [-0.39, 0.29) is 16.2 Å². The number of halogens is 1. The van der Waals surface area contributed by atoms with Crippen LogP contribution in [0.2, 0.25) is 5.02 Å². The second kappa shape index (κ2) is 7.65. The third-order valence-corrected chi connectivity index (χ3v) is 6.48. The van der Waals surface area contributed by atoms with Crippen molar-refractivity contribution in [1.29, 1.82) is 0 Å². The molecule has 0 bridgehead atoms. The van der Waals surface area contributed by atoms with E-state index < -0.39 is 15.9 Å². The van der Waals surface area contributed by atoms with E-state index in [1.54, 1.807) is 24.3 Å². The monoisotopic (exact) mass is 394 g/mol. The van der Waals surface area contributed by atoms with E-state index in [0.29, 0.717) is 23.8 Å². The average Bonchev–Trinajstić information content (AvgIpc) is 3.18. The van der Waals surface area contributed by atoms with Crippen molar-refractivity contribution in [3.05, 3.63) is 53.1 Å². The number of sulfonamides is 1. The summed E-state index contributed by atoms with van der Waals surface area (Å²) in [5, 5.41) is 3.09. The lowest BCUT2D eigenvalue weighted by molar-refractivity contribution is 0.102. The molecule has 1 aliphatic rings. The van der Waals surface area contributed by atoms with Crippen molar-refractivity contribution in [2.45, 2.75) is 17.7 Å². The summed E-state index contributed by atoms with van der Waals surface area (Å²) >= 11 is 6.06. The smallest absolute Gasteiger partial charge is 0.255 e. The summed E-state index contributed by atoms with van der Waals surface area (Å²) in [6.07, 6.45) is 1.66. The molecular weight excluding hydrogens is 376 g/mol. The molecule has 1 heterocycles. The van der Waals surface area contributed by atoms with Crippen molar-refractivity contribution < 1.29 is 17.9 Å². The molecule has 2 aromatic rings. The van der Waals surface area contributed by atoms with Crippen LogP contribution in [0.1, 0.15) is 23.2 Å². The van der Waals surface area contributed by atoms with Gasteiger partial charge in [-0.3, -0.25) is 4.79 Å². The van der Waals surface area contributed by atoms with Crippen LogP contribution in [-0.2, 0) is 10.0 Å². The number of amides is 1. The summed E-state index contributed by atoms with van der Waals surface area (Å²) in [6, 6.07) is 11.2. The Morgan fingerprint density at radius 2 is 1.85 bits per heavy atom. The van der Waals surface area contributed by atoms with Crippen LogP contribution in [0.3, 0.4) is 0 Å². The average molecular weight is 395 g/mol. The number of benzene rings is 2. The van der Waals surface area contributed by atoms with E-state index in [2.05, 4.69) is 5.32 Å². The molecular formula is C18H19ClN2O4S. The minimum absolute atomic E-state index is 0.00583. The topological polar surface area (TPSA) is 75.7 Å². The van der Waals surface area contributed by atoms with Crippen LogP contribution in [-0.4, -0.2) is 38.8 Å². The molecule has 1 amide bonds. The fourth-order valence-electron chi connectivity index (χ4n) is 2.84. The van der Waals surface area contributed by atoms with Crippen molar-refractivity contribution in [2.75, 3.05) is 25.5 Å². The molecule has 0 saturated carbocycles. The van der Waals surface area contributed by atoms with E-state index >= 15 is 0 Å². The highest BCUT2D eigenvalue weighted by molar-refractivity contribution is 7.89. The summed E-state index contributed by atoms with van der Waals surface area (Å²) in [4.78, 5) is 12.5. The van der Waals surface area contributed by atoms with Crippen LogP contribution in [0.15, 0.2) is 47.4 Å². The van der Waals surface area contributed by atoms with Crippen molar-refractivity contribution in [2.24, 2.45) is 0 Å². The van der Waals surface area contributed by atoms with Gasteiger partial charge in [-0.1, -0.05) is 23.7 Å². The normalized spacial score (nSPS) is 15.0. The zero-order valence-corrected chi connectivity index (χ0v) is 15.8. The Morgan fingerprint density at radius 1 is 1.15 bits per heavy atom. The second-order valence-corrected chi connectivity index (χ2v) is 8.22. The van der Waals surface area contributed by atoms with E-state index in [1.807, 2.05) is 0 Å². The predicted molar refractivity (Wildman–Crippen MR) is 100 cm³/mol. The van der Waals surface area contributed by atoms with Crippen LogP contribution >= 0.6 is 11.6 Å². The van der Waals surface area contributed by atoms with Gasteiger partial charge in [-0.05, 0) is 43.2 Å². The summed E-state index contributed by atoms with van der Waals surface area (Å²) < 4.78 is 32.4. The van der Waals surface area contributed by atoms with Gasteiger partial charge >= 0.3 is 0 Å². The largest absolute Gasteiger partial charge is 0.495 e. The molecule has 1 fully saturated rings. The minimum Gasteiger partial charge on any atom is -0.495 e. The molecule has 26 heavy (non-hydrogen) atoms. The molecule has 1 N–H and O–H groups in total. The molecule has 8 heteroatoms. The molecule has 2 aromatic carbocycles. The number of ether oxygens (including phenoxy) is 1. The van der Waals surface area contributed by atoms with Crippen LogP contribution in [0.5, 0.6) is 5.75 Å². The number of carbonyl (C=O) groups is 1. The summed E-state index contributed by atoms with van der Waals surface area (Å²) in [7, 11) is -2.31. The zero-order chi connectivity index (χ0) is 18.7. The standard InChI is InChI=1S/C18H19ClN2O4S/c1-25-16-9-8-13(18(22)20-15-7-3-2-6-14(15)19)12-17(16)26(23,24)21-10-4-5-11-21/h2-3,6-9,12H,4-5,10-11H2,1H3,(H,20,22). The van der Waals surface area contributed by atoms with Gasteiger partial charge < -0.3 is 10.1 Å². The van der Waals surface area contributed by atoms with E-state index in [9.17, 15) is 13.2 Å². The highest BCUT2D eigenvalue weighted by Gasteiger charge is 2.30. The molecule has 1 saturated heterocycles. The number of para-hydroxylation sites is 1. The van der Waals surface area contributed by atoms with Gasteiger partial charge in [0.15, 0.2) is 0 Å². The third-order valence-electron chi connectivity index (χ3n) is 4.23. The lowest BCUT2D eigenvalue weighted by Crippen LogP contribution is -2.28. The first-order valence-electron chi connectivity index (χ1n) is 8.17. The molecule has 0 unspecified atom stereocenters. The van der Waals surface area contributed by atoms with E-state index in [0.717, 1.165) is 12.8 Å². The van der Waals surface area contributed by atoms with Crippen LogP contribution in [0, 0.1) is 0 Å². The molecule has 0 aromatic heterocycles. The van der Waals surface area contributed by atoms with Crippen molar-refractivity contribution >= 4 is 33.2 Å². The molecule has 0 atom stereocenters. The number of methoxy groups -OCH3 is 1. The van der Waals surface area contributed by atoms with Crippen molar-refractivity contribution in [3.63, 3.8) is 0 Å². The Kier molecular flexibility index (Phi) is 5.50. The maximum absolute atomic E-state index is 12.9. The number of nitrogens with one attached hydrogen (secondary N) is 1. The SMILES string of the molecule is COc1ccc(C(=O)Nc2ccccc2Cl)cc1S(=O)(=O)N1CCCC1. The first kappa shape index (κ1) is 18.7. The highest BCUT2D eigenvalue weighted by Crippen LogP contribution is 2.30. The van der Waals surface area contributed by atoms with Crippen LogP contribution in [0.4, 0.5) is 5.69 Å². The molecule has 6 nitrogen and oxygen atoms in total. The fourth-order valence-corrected chi connectivity index (χ4v) is 4.73. The minimum atomic E-state index is -3.72. The highest BCUT2D eigenvalue weighted by atomic mass is 35.5. The summed E-state index contributed by atoms with van der Waals surface area (Å²) in [5.74, 6) is -0.232. The second-order valence-electron chi connectivity index (χ2n) is 5.91. The number of hydrogen-bond donors (Lipinski definition) is 1. The molecule has 0 aliphatic carbocycles. The van der Waals surface area contributed by atoms with E-state index in [1.165, 1.54) is 29.6 Å². The maximum Gasteiger partial charge on any atom is 0.255 e. The number of hydrogen-bond acceptors (Lipinski definition) is 4. The number of carbonyl (C=O) groups excluding carboxylic acids is 1. The van der Waals surface area contributed by atoms with Gasteiger partial charge in [0, 0.05) is 18.7 Å². The van der Waals surface area contributed by atoms with Crippen LogP contribution in [0.25, 0.3) is 0 Å². The van der Waals surface area contributed by atoms with Gasteiger partial charge in [-0.2, -0.15) is 4.31 Å². The van der Waals surface area contributed by atoms with Gasteiger partial charge in [0.05, 0.1) is 17.8 Å². The maximum atomic E-state index is 12.9. The first-order chi connectivity index (χ1) is 12.4. The number of nitrogens with zero attached hydrogens (tertiary/aromatic N) is 1. The summed E-state index contributed by atoms with van der Waals surface area (Å²) in [6.45, 7) is 0.947. The lowest BCUT2D eigenvalue weighted by Gasteiger charge is -2.18. The molecule has 0 spiro atoms. The molecule has 0 radical (unpaired) electrons. The van der Waals surface area contributed by atoms with Gasteiger partial charge in [0.25, 0.3) is 5.91 Å². The Labute approximate surface area is 157 Å². The Hall–Kier alpha value is -2.09. The molecule has 1 aliphatic heterocycles. The van der Waals surface area contributed by atoms with Crippen molar-refractivity contribution in [1.82, 2.24) is 4.31 Å². The van der Waals surface area contributed by atoms with Crippen LogP contribution < -0.4 is 10.1 Å². The molecule has 138 valence electrons. The number of anilines is 1. The third kappa shape index (κ3) is 3.70. The van der Waals surface area contributed by atoms with Gasteiger partial charge in [-0.15, -0.1) is 0 Å². The Balaban J connectivity index is 1.94.